The molecule has 0 fully saturated rings. The Morgan fingerprint density at radius 3 is 2.37 bits per heavy atom. The van der Waals surface area contributed by atoms with Crippen molar-refractivity contribution in [3.8, 4) is 28.3 Å². The Labute approximate surface area is 219 Å². The van der Waals surface area contributed by atoms with Crippen molar-refractivity contribution in [2.24, 2.45) is 5.10 Å². The van der Waals surface area contributed by atoms with Gasteiger partial charge < -0.3 is 0 Å². The maximum Gasteiger partial charge on any atom is 0.282 e. The SMILES string of the molecule is Cc1ccc(-n2cc(/C=N/n3c(-c4ccccc4C)nc4ccccc4c3=O)c(-c3ccncc3)n2)cc1. The smallest absolute Gasteiger partial charge is 0.267 e. The van der Waals surface area contributed by atoms with Crippen LogP contribution in [0.5, 0.6) is 0 Å². The van der Waals surface area contributed by atoms with Crippen molar-refractivity contribution in [3.63, 3.8) is 0 Å². The van der Waals surface area contributed by atoms with E-state index < -0.39 is 0 Å². The molecule has 0 atom stereocenters. The van der Waals surface area contributed by atoms with Gasteiger partial charge in [-0.25, -0.2) is 9.67 Å². The van der Waals surface area contributed by atoms with Crippen molar-refractivity contribution in [2.45, 2.75) is 13.8 Å². The monoisotopic (exact) mass is 496 g/mol. The second-order valence-corrected chi connectivity index (χ2v) is 9.08. The quantitative estimate of drug-likeness (QED) is 0.282. The number of benzene rings is 3. The molecule has 0 amide bonds. The van der Waals surface area contributed by atoms with E-state index in [9.17, 15) is 4.79 Å². The molecule has 0 radical (unpaired) electrons. The number of pyridine rings is 1. The summed E-state index contributed by atoms with van der Waals surface area (Å²) in [5.74, 6) is 0.486. The molecule has 0 N–H and O–H groups in total. The molecular formula is C31H24N6O. The Bertz CT molecular complexity index is 1850. The summed E-state index contributed by atoms with van der Waals surface area (Å²) in [6.45, 7) is 4.05. The number of nitrogens with zero attached hydrogens (tertiary/aromatic N) is 6. The molecule has 0 bridgehead atoms. The maximum atomic E-state index is 13.6. The summed E-state index contributed by atoms with van der Waals surface area (Å²) in [6, 6.07) is 27.1. The molecular weight excluding hydrogens is 472 g/mol. The topological polar surface area (TPSA) is 78.0 Å². The molecule has 0 saturated carbocycles. The van der Waals surface area contributed by atoms with Crippen LogP contribution in [0.25, 0.3) is 39.2 Å². The van der Waals surface area contributed by atoms with Crippen molar-refractivity contribution in [2.75, 3.05) is 0 Å². The van der Waals surface area contributed by atoms with Gasteiger partial charge in [-0.2, -0.15) is 14.9 Å². The van der Waals surface area contributed by atoms with Gasteiger partial charge in [0.05, 0.1) is 22.8 Å². The zero-order chi connectivity index (χ0) is 26.1. The van der Waals surface area contributed by atoms with Gasteiger partial charge in [-0.3, -0.25) is 9.78 Å². The predicted octanol–water partition coefficient (Wildman–Crippen LogP) is 5.81. The number of rotatable bonds is 5. The number of aryl methyl sites for hydroxylation is 2. The molecule has 0 aliphatic carbocycles. The summed E-state index contributed by atoms with van der Waals surface area (Å²) >= 11 is 0. The van der Waals surface area contributed by atoms with E-state index >= 15 is 0 Å². The van der Waals surface area contributed by atoms with Crippen LogP contribution in [0, 0.1) is 13.8 Å². The molecule has 0 spiro atoms. The minimum atomic E-state index is -0.235. The molecule has 0 unspecified atom stereocenters. The highest BCUT2D eigenvalue weighted by Crippen LogP contribution is 2.24. The van der Waals surface area contributed by atoms with Gasteiger partial charge in [0.25, 0.3) is 5.56 Å². The van der Waals surface area contributed by atoms with Crippen LogP contribution >= 0.6 is 0 Å². The molecule has 6 rings (SSSR count). The van der Waals surface area contributed by atoms with Crippen LogP contribution in [0.15, 0.2) is 113 Å². The second-order valence-electron chi connectivity index (χ2n) is 9.08. The number of para-hydroxylation sites is 1. The van der Waals surface area contributed by atoms with E-state index in [0.29, 0.717) is 16.7 Å². The molecule has 38 heavy (non-hydrogen) atoms. The van der Waals surface area contributed by atoms with Crippen LogP contribution in [0.2, 0.25) is 0 Å². The molecule has 7 nitrogen and oxygen atoms in total. The molecule has 0 aliphatic heterocycles. The number of hydrogen-bond donors (Lipinski definition) is 0. The molecule has 7 heteroatoms. The maximum absolute atomic E-state index is 13.6. The standard InChI is InChI=1S/C31H24N6O/c1-21-11-13-25(14-12-21)36-20-24(29(35-36)23-15-17-32-18-16-23)19-33-37-30(26-8-4-3-7-22(26)2)34-28-10-6-5-9-27(28)31(37)38/h3-20H,1-2H3/b33-19+. The Hall–Kier alpha value is -5.17. The van der Waals surface area contributed by atoms with E-state index in [1.54, 1.807) is 24.7 Å². The third kappa shape index (κ3) is 4.30. The van der Waals surface area contributed by atoms with Gasteiger partial charge in [-0.05, 0) is 55.8 Å². The summed E-state index contributed by atoms with van der Waals surface area (Å²) < 4.78 is 3.20. The molecule has 0 saturated heterocycles. The minimum absolute atomic E-state index is 0.235. The number of hydrogen-bond acceptors (Lipinski definition) is 5. The van der Waals surface area contributed by atoms with Gasteiger partial charge in [0.15, 0.2) is 5.82 Å². The van der Waals surface area contributed by atoms with E-state index in [1.807, 2.05) is 96.7 Å². The predicted molar refractivity (Wildman–Crippen MR) is 151 cm³/mol. The van der Waals surface area contributed by atoms with E-state index in [-0.39, 0.29) is 5.56 Å². The van der Waals surface area contributed by atoms with Gasteiger partial charge in [-0.15, -0.1) is 0 Å². The van der Waals surface area contributed by atoms with Crippen LogP contribution in [-0.2, 0) is 0 Å². The second kappa shape index (κ2) is 9.71. The molecule has 3 heterocycles. The zero-order valence-corrected chi connectivity index (χ0v) is 21.0. The van der Waals surface area contributed by atoms with Gasteiger partial charge >= 0.3 is 0 Å². The molecule has 0 aliphatic rings. The molecule has 6 aromatic rings. The molecule has 184 valence electrons. The van der Waals surface area contributed by atoms with Crippen LogP contribution in [-0.4, -0.2) is 30.6 Å². The summed E-state index contributed by atoms with van der Waals surface area (Å²) in [4.78, 5) is 22.6. The Balaban J connectivity index is 1.54. The van der Waals surface area contributed by atoms with Gasteiger partial charge in [0.1, 0.15) is 5.69 Å². The van der Waals surface area contributed by atoms with Gasteiger partial charge in [0.2, 0.25) is 0 Å². The molecule has 3 aromatic carbocycles. The first-order valence-corrected chi connectivity index (χ1v) is 12.3. The van der Waals surface area contributed by atoms with Crippen LogP contribution in [0.4, 0.5) is 0 Å². The highest BCUT2D eigenvalue weighted by molar-refractivity contribution is 5.89. The van der Waals surface area contributed by atoms with Gasteiger partial charge in [-0.1, -0.05) is 54.1 Å². The fourth-order valence-electron chi connectivity index (χ4n) is 4.39. The van der Waals surface area contributed by atoms with E-state index in [4.69, 9.17) is 15.2 Å². The minimum Gasteiger partial charge on any atom is -0.267 e. The van der Waals surface area contributed by atoms with Crippen LogP contribution < -0.4 is 5.56 Å². The molecule has 3 aromatic heterocycles. The highest BCUT2D eigenvalue weighted by atomic mass is 16.1. The van der Waals surface area contributed by atoms with Crippen LogP contribution in [0.1, 0.15) is 16.7 Å². The van der Waals surface area contributed by atoms with Crippen molar-refractivity contribution in [1.29, 1.82) is 0 Å². The largest absolute Gasteiger partial charge is 0.282 e. The lowest BCUT2D eigenvalue weighted by molar-refractivity contribution is 0.828. The van der Waals surface area contributed by atoms with E-state index in [1.165, 1.54) is 10.2 Å². The van der Waals surface area contributed by atoms with Crippen molar-refractivity contribution in [1.82, 2.24) is 24.4 Å². The third-order valence-corrected chi connectivity index (χ3v) is 6.45. The van der Waals surface area contributed by atoms with Crippen LogP contribution in [0.3, 0.4) is 0 Å². The summed E-state index contributed by atoms with van der Waals surface area (Å²) in [5, 5.41) is 10.1. The average molecular weight is 497 g/mol. The Morgan fingerprint density at radius 1 is 0.842 bits per heavy atom. The summed E-state index contributed by atoms with van der Waals surface area (Å²) in [5.41, 5.74) is 6.73. The first-order chi connectivity index (χ1) is 18.6. The highest BCUT2D eigenvalue weighted by Gasteiger charge is 2.15. The Morgan fingerprint density at radius 2 is 1.58 bits per heavy atom. The average Bonchev–Trinajstić information content (AvgIpc) is 3.38. The first-order valence-electron chi connectivity index (χ1n) is 12.3. The third-order valence-electron chi connectivity index (χ3n) is 6.45. The van der Waals surface area contributed by atoms with E-state index in [0.717, 1.165) is 33.6 Å². The first kappa shape index (κ1) is 23.2. The summed E-state index contributed by atoms with van der Waals surface area (Å²) in [6.07, 6.45) is 7.05. The lowest BCUT2D eigenvalue weighted by atomic mass is 10.1. The van der Waals surface area contributed by atoms with Crippen molar-refractivity contribution < 1.29 is 0 Å². The van der Waals surface area contributed by atoms with Gasteiger partial charge in [0, 0.05) is 35.3 Å². The Kier molecular flexibility index (Phi) is 5.94. The number of aromatic nitrogens is 5. The fraction of sp³-hybridized carbons (Fsp3) is 0.0645. The van der Waals surface area contributed by atoms with Crippen molar-refractivity contribution in [3.05, 3.63) is 131 Å². The summed E-state index contributed by atoms with van der Waals surface area (Å²) in [7, 11) is 0. The lowest BCUT2D eigenvalue weighted by Crippen LogP contribution is -2.20. The zero-order valence-electron chi connectivity index (χ0n) is 21.0. The van der Waals surface area contributed by atoms with Crippen molar-refractivity contribution >= 4 is 17.1 Å². The lowest BCUT2D eigenvalue weighted by Gasteiger charge is -2.11. The normalized spacial score (nSPS) is 11.4. The number of fused-ring (bicyclic) bond motifs is 1. The van der Waals surface area contributed by atoms with E-state index in [2.05, 4.69) is 11.9 Å². The fourth-order valence-corrected chi connectivity index (χ4v) is 4.39.